The van der Waals surface area contributed by atoms with Gasteiger partial charge in [-0.25, -0.2) is 9.78 Å². The molecule has 1 amide bonds. The van der Waals surface area contributed by atoms with Crippen LogP contribution in [0.1, 0.15) is 38.9 Å². The molecule has 0 aliphatic carbocycles. The van der Waals surface area contributed by atoms with Crippen molar-refractivity contribution in [1.29, 1.82) is 0 Å². The van der Waals surface area contributed by atoms with Gasteiger partial charge in [0.15, 0.2) is 0 Å². The summed E-state index contributed by atoms with van der Waals surface area (Å²) in [4.78, 5) is 18.5. The molecule has 0 radical (unpaired) electrons. The average Bonchev–Trinajstić information content (AvgIpc) is 2.66. The smallest absolute Gasteiger partial charge is 0.408 e. The molecule has 0 saturated carbocycles. The highest BCUT2D eigenvalue weighted by atomic mass is 16.6. The molecule has 1 unspecified atom stereocenters. The number of aromatic amines is 1. The highest BCUT2D eigenvalue weighted by molar-refractivity contribution is 5.68. The van der Waals surface area contributed by atoms with Crippen molar-refractivity contribution >= 4 is 6.09 Å². The van der Waals surface area contributed by atoms with Gasteiger partial charge in [-0.15, -0.1) is 6.58 Å². The molecule has 0 saturated heterocycles. The first-order valence-electron chi connectivity index (χ1n) is 5.51. The summed E-state index contributed by atoms with van der Waals surface area (Å²) < 4.78 is 5.19. The lowest BCUT2D eigenvalue weighted by atomic mass is 10.1. The number of ether oxygens (including phenoxy) is 1. The van der Waals surface area contributed by atoms with E-state index >= 15 is 0 Å². The third-order valence-electron chi connectivity index (χ3n) is 1.99. The largest absolute Gasteiger partial charge is 0.444 e. The molecule has 0 aliphatic rings. The molecule has 17 heavy (non-hydrogen) atoms. The molecule has 5 heteroatoms. The van der Waals surface area contributed by atoms with Crippen molar-refractivity contribution in [2.24, 2.45) is 0 Å². The Morgan fingerprint density at radius 1 is 1.71 bits per heavy atom. The normalized spacial score (nSPS) is 12.9. The molecule has 1 aromatic rings. The van der Waals surface area contributed by atoms with E-state index in [0.29, 0.717) is 6.42 Å². The maximum atomic E-state index is 11.6. The lowest BCUT2D eigenvalue weighted by Crippen LogP contribution is -2.35. The van der Waals surface area contributed by atoms with Crippen molar-refractivity contribution < 1.29 is 9.53 Å². The number of imidazole rings is 1. The third kappa shape index (κ3) is 4.72. The van der Waals surface area contributed by atoms with Gasteiger partial charge in [0.25, 0.3) is 0 Å². The van der Waals surface area contributed by atoms with Crippen molar-refractivity contribution in [3.8, 4) is 0 Å². The van der Waals surface area contributed by atoms with Crippen LogP contribution in [0.4, 0.5) is 4.79 Å². The van der Waals surface area contributed by atoms with E-state index in [2.05, 4.69) is 21.9 Å². The van der Waals surface area contributed by atoms with Crippen molar-refractivity contribution in [2.75, 3.05) is 0 Å². The number of hydrogen-bond acceptors (Lipinski definition) is 3. The fourth-order valence-corrected chi connectivity index (χ4v) is 1.34. The second kappa shape index (κ2) is 5.52. The summed E-state index contributed by atoms with van der Waals surface area (Å²) >= 11 is 0. The van der Waals surface area contributed by atoms with Crippen LogP contribution in [-0.2, 0) is 4.74 Å². The van der Waals surface area contributed by atoms with E-state index in [1.54, 1.807) is 18.6 Å². The quantitative estimate of drug-likeness (QED) is 0.791. The van der Waals surface area contributed by atoms with E-state index in [0.717, 1.165) is 5.69 Å². The fraction of sp³-hybridized carbons (Fsp3) is 0.500. The summed E-state index contributed by atoms with van der Waals surface area (Å²) in [5.41, 5.74) is 0.326. The zero-order valence-electron chi connectivity index (χ0n) is 10.5. The molecule has 1 rings (SSSR count). The molecule has 0 fully saturated rings. The third-order valence-corrected chi connectivity index (χ3v) is 1.99. The summed E-state index contributed by atoms with van der Waals surface area (Å²) in [6.07, 6.45) is 5.15. The molecular weight excluding hydrogens is 218 g/mol. The molecule has 1 heterocycles. The molecule has 1 atom stereocenters. The lowest BCUT2D eigenvalue weighted by Gasteiger charge is -2.22. The highest BCUT2D eigenvalue weighted by Gasteiger charge is 2.20. The molecule has 0 aliphatic heterocycles. The van der Waals surface area contributed by atoms with Gasteiger partial charge in [-0.1, -0.05) is 6.08 Å². The molecule has 2 N–H and O–H groups in total. The van der Waals surface area contributed by atoms with Gasteiger partial charge in [-0.3, -0.25) is 0 Å². The summed E-state index contributed by atoms with van der Waals surface area (Å²) in [7, 11) is 0. The molecular formula is C12H19N3O2. The van der Waals surface area contributed by atoms with Crippen LogP contribution in [-0.4, -0.2) is 21.7 Å². The fourth-order valence-electron chi connectivity index (χ4n) is 1.34. The van der Waals surface area contributed by atoms with E-state index in [1.165, 1.54) is 0 Å². The first kappa shape index (κ1) is 13.3. The van der Waals surface area contributed by atoms with Gasteiger partial charge in [0.2, 0.25) is 0 Å². The van der Waals surface area contributed by atoms with Crippen molar-refractivity contribution in [3.05, 3.63) is 30.9 Å². The lowest BCUT2D eigenvalue weighted by molar-refractivity contribution is 0.0503. The summed E-state index contributed by atoms with van der Waals surface area (Å²) in [5.74, 6) is 0. The number of nitrogens with zero attached hydrogens (tertiary/aromatic N) is 1. The van der Waals surface area contributed by atoms with Gasteiger partial charge in [0.1, 0.15) is 5.60 Å². The van der Waals surface area contributed by atoms with E-state index in [1.807, 2.05) is 20.8 Å². The maximum Gasteiger partial charge on any atom is 0.408 e. The van der Waals surface area contributed by atoms with E-state index in [-0.39, 0.29) is 6.04 Å². The minimum absolute atomic E-state index is 0.190. The Hall–Kier alpha value is -1.78. The molecule has 0 spiro atoms. The van der Waals surface area contributed by atoms with E-state index in [4.69, 9.17) is 4.74 Å². The first-order chi connectivity index (χ1) is 7.92. The van der Waals surface area contributed by atoms with Crippen LogP contribution in [0.2, 0.25) is 0 Å². The number of nitrogens with one attached hydrogen (secondary N) is 2. The summed E-state index contributed by atoms with van der Waals surface area (Å²) in [5, 5.41) is 2.77. The monoisotopic (exact) mass is 237 g/mol. The number of alkyl carbamates (subject to hydrolysis) is 1. The Balaban J connectivity index is 2.62. The predicted molar refractivity (Wildman–Crippen MR) is 65.5 cm³/mol. The van der Waals surface area contributed by atoms with Crippen LogP contribution in [0.5, 0.6) is 0 Å². The summed E-state index contributed by atoms with van der Waals surface area (Å²) in [6, 6.07) is -0.190. The number of hydrogen-bond donors (Lipinski definition) is 2. The zero-order valence-corrected chi connectivity index (χ0v) is 10.5. The molecule has 0 bridgehead atoms. The molecule has 1 aromatic heterocycles. The minimum atomic E-state index is -0.503. The standard InChI is InChI=1S/C12H19N3O2/c1-5-6-9(10-7-13-8-14-10)15-11(16)17-12(2,3)4/h5,7-9H,1,6H2,2-4H3,(H,13,14)(H,15,16). The number of rotatable bonds is 4. The number of amides is 1. The Labute approximate surface area is 101 Å². The van der Waals surface area contributed by atoms with Gasteiger partial charge >= 0.3 is 6.09 Å². The molecule has 0 aromatic carbocycles. The second-order valence-corrected chi connectivity index (χ2v) is 4.73. The van der Waals surface area contributed by atoms with Gasteiger partial charge in [-0.05, 0) is 27.2 Å². The van der Waals surface area contributed by atoms with Crippen molar-refractivity contribution in [2.45, 2.75) is 38.8 Å². The van der Waals surface area contributed by atoms with E-state index in [9.17, 15) is 4.79 Å². The van der Waals surface area contributed by atoms with Gasteiger partial charge < -0.3 is 15.0 Å². The Morgan fingerprint density at radius 2 is 2.41 bits per heavy atom. The highest BCUT2D eigenvalue weighted by Crippen LogP contribution is 2.15. The minimum Gasteiger partial charge on any atom is -0.444 e. The number of aromatic nitrogens is 2. The Bertz CT molecular complexity index is 366. The molecule has 94 valence electrons. The SMILES string of the molecule is C=CCC(NC(=O)OC(C)(C)C)c1cnc[nH]1. The van der Waals surface area contributed by atoms with Crippen LogP contribution in [0, 0.1) is 0 Å². The second-order valence-electron chi connectivity index (χ2n) is 4.73. The van der Waals surface area contributed by atoms with Crippen LogP contribution < -0.4 is 5.32 Å². The maximum absolute atomic E-state index is 11.6. The van der Waals surface area contributed by atoms with E-state index < -0.39 is 11.7 Å². The van der Waals surface area contributed by atoms with Crippen molar-refractivity contribution in [1.82, 2.24) is 15.3 Å². The Kier molecular flexibility index (Phi) is 4.31. The number of carbonyl (C=O) groups excluding carboxylic acids is 1. The number of H-pyrrole nitrogens is 1. The first-order valence-corrected chi connectivity index (χ1v) is 5.51. The topological polar surface area (TPSA) is 67.0 Å². The van der Waals surface area contributed by atoms with Crippen LogP contribution >= 0.6 is 0 Å². The van der Waals surface area contributed by atoms with Gasteiger partial charge in [0.05, 0.1) is 24.3 Å². The van der Waals surface area contributed by atoms with Crippen LogP contribution in [0.25, 0.3) is 0 Å². The van der Waals surface area contributed by atoms with Crippen molar-refractivity contribution in [3.63, 3.8) is 0 Å². The number of carbonyl (C=O) groups is 1. The average molecular weight is 237 g/mol. The van der Waals surface area contributed by atoms with Crippen LogP contribution in [0.15, 0.2) is 25.2 Å². The Morgan fingerprint density at radius 3 is 2.88 bits per heavy atom. The predicted octanol–water partition coefficient (Wildman–Crippen LogP) is 2.55. The van der Waals surface area contributed by atoms with Gasteiger partial charge in [0, 0.05) is 0 Å². The summed E-state index contributed by atoms with van der Waals surface area (Å²) in [6.45, 7) is 9.14. The van der Waals surface area contributed by atoms with Crippen LogP contribution in [0.3, 0.4) is 0 Å². The van der Waals surface area contributed by atoms with Gasteiger partial charge in [-0.2, -0.15) is 0 Å². The molecule has 5 nitrogen and oxygen atoms in total. The zero-order chi connectivity index (χ0) is 12.9.